The molecule has 2 aromatic carbocycles. The fraction of sp³-hybridized carbons (Fsp3) is 0.300. The van der Waals surface area contributed by atoms with Crippen LogP contribution in [0.4, 0.5) is 5.69 Å². The molecule has 136 valence electrons. The Morgan fingerprint density at radius 3 is 2.73 bits per heavy atom. The number of aliphatic imine (C=N–C) groups is 1. The van der Waals surface area contributed by atoms with Crippen LogP contribution in [0.25, 0.3) is 0 Å². The van der Waals surface area contributed by atoms with Gasteiger partial charge < -0.3 is 20.5 Å². The van der Waals surface area contributed by atoms with E-state index in [1.165, 1.54) is 31.8 Å². The van der Waals surface area contributed by atoms with Gasteiger partial charge in [-0.15, -0.1) is 0 Å². The number of anilines is 1. The molecule has 0 spiro atoms. The minimum absolute atomic E-state index is 0.332. The van der Waals surface area contributed by atoms with Crippen molar-refractivity contribution in [3.05, 3.63) is 58.7 Å². The summed E-state index contributed by atoms with van der Waals surface area (Å²) in [6.07, 6.45) is 3.48. The van der Waals surface area contributed by atoms with Crippen LogP contribution in [0.1, 0.15) is 33.5 Å². The number of carbonyl (C=O) groups excluding carboxylic acids is 1. The van der Waals surface area contributed by atoms with E-state index in [1.54, 1.807) is 12.1 Å². The van der Waals surface area contributed by atoms with Crippen LogP contribution in [0.3, 0.4) is 0 Å². The Bertz CT molecular complexity index is 846. The van der Waals surface area contributed by atoms with E-state index in [4.69, 9.17) is 15.2 Å². The summed E-state index contributed by atoms with van der Waals surface area (Å²) in [7, 11) is 2.85. The van der Waals surface area contributed by atoms with E-state index in [1.807, 2.05) is 12.1 Å². The monoisotopic (exact) mass is 353 g/mol. The molecule has 0 atom stereocenters. The minimum atomic E-state index is -0.447. The van der Waals surface area contributed by atoms with Crippen molar-refractivity contribution in [1.29, 1.82) is 0 Å². The zero-order valence-corrected chi connectivity index (χ0v) is 15.0. The maximum Gasteiger partial charge on any atom is 0.341 e. The maximum absolute atomic E-state index is 11.8. The Morgan fingerprint density at radius 1 is 1.15 bits per heavy atom. The van der Waals surface area contributed by atoms with Crippen molar-refractivity contribution < 1.29 is 14.3 Å². The SMILES string of the molecule is COC(=O)c1cc(CN=C(N)Nc2ccc3c(c2)CCC3)ccc1OC. The molecule has 0 radical (unpaired) electrons. The summed E-state index contributed by atoms with van der Waals surface area (Å²) in [5.74, 6) is 0.351. The van der Waals surface area contributed by atoms with Gasteiger partial charge in [0, 0.05) is 5.69 Å². The third kappa shape index (κ3) is 3.96. The quantitative estimate of drug-likeness (QED) is 0.490. The van der Waals surface area contributed by atoms with Crippen molar-refractivity contribution in [2.45, 2.75) is 25.8 Å². The molecule has 0 unspecified atom stereocenters. The fourth-order valence-corrected chi connectivity index (χ4v) is 3.14. The largest absolute Gasteiger partial charge is 0.496 e. The Morgan fingerprint density at radius 2 is 1.96 bits per heavy atom. The van der Waals surface area contributed by atoms with Gasteiger partial charge in [-0.1, -0.05) is 12.1 Å². The number of carbonyl (C=O) groups is 1. The molecule has 3 rings (SSSR count). The Balaban J connectivity index is 1.69. The molecule has 0 fully saturated rings. The second-order valence-corrected chi connectivity index (χ2v) is 6.19. The van der Waals surface area contributed by atoms with Gasteiger partial charge in [0.25, 0.3) is 0 Å². The molecule has 0 amide bonds. The molecule has 0 bridgehead atoms. The van der Waals surface area contributed by atoms with Gasteiger partial charge in [0.2, 0.25) is 0 Å². The minimum Gasteiger partial charge on any atom is -0.496 e. The highest BCUT2D eigenvalue weighted by molar-refractivity contribution is 5.93. The number of benzene rings is 2. The summed E-state index contributed by atoms with van der Waals surface area (Å²) in [6, 6.07) is 11.6. The molecule has 2 aromatic rings. The lowest BCUT2D eigenvalue weighted by Gasteiger charge is -2.10. The zero-order chi connectivity index (χ0) is 18.5. The Kier molecular flexibility index (Phi) is 5.41. The highest BCUT2D eigenvalue weighted by atomic mass is 16.5. The maximum atomic E-state index is 11.8. The van der Waals surface area contributed by atoms with Crippen LogP contribution in [-0.2, 0) is 24.1 Å². The molecule has 1 aliphatic carbocycles. The average molecular weight is 353 g/mol. The number of hydrogen-bond acceptors (Lipinski definition) is 4. The molecule has 0 saturated carbocycles. The number of hydrogen-bond donors (Lipinski definition) is 2. The van der Waals surface area contributed by atoms with Gasteiger partial charge in [0.15, 0.2) is 5.96 Å². The number of nitrogens with zero attached hydrogens (tertiary/aromatic N) is 1. The summed E-state index contributed by atoms with van der Waals surface area (Å²) >= 11 is 0. The van der Waals surface area contributed by atoms with E-state index in [9.17, 15) is 4.79 Å². The van der Waals surface area contributed by atoms with Crippen LogP contribution >= 0.6 is 0 Å². The van der Waals surface area contributed by atoms with Gasteiger partial charge >= 0.3 is 5.97 Å². The summed E-state index contributed by atoms with van der Waals surface area (Å²) in [5.41, 5.74) is 10.9. The van der Waals surface area contributed by atoms with Crippen molar-refractivity contribution in [2.24, 2.45) is 10.7 Å². The fourth-order valence-electron chi connectivity index (χ4n) is 3.14. The van der Waals surface area contributed by atoms with Crippen LogP contribution in [-0.4, -0.2) is 26.1 Å². The summed E-state index contributed by atoms with van der Waals surface area (Å²) in [6.45, 7) is 0.345. The molecular weight excluding hydrogens is 330 g/mol. The lowest BCUT2D eigenvalue weighted by atomic mass is 10.1. The lowest BCUT2D eigenvalue weighted by Crippen LogP contribution is -2.22. The van der Waals surface area contributed by atoms with Crippen LogP contribution in [0.5, 0.6) is 5.75 Å². The standard InChI is InChI=1S/C20H23N3O3/c1-25-18-9-6-13(10-17(18)19(24)26-2)12-22-20(21)23-16-8-7-14-4-3-5-15(14)11-16/h6-11H,3-5,12H2,1-2H3,(H3,21,22,23). The number of ether oxygens (including phenoxy) is 2. The first-order valence-electron chi connectivity index (χ1n) is 8.54. The first-order valence-corrected chi connectivity index (χ1v) is 8.54. The Labute approximate surface area is 153 Å². The summed E-state index contributed by atoms with van der Waals surface area (Å²) < 4.78 is 9.97. The zero-order valence-electron chi connectivity index (χ0n) is 15.0. The molecule has 0 aliphatic heterocycles. The summed E-state index contributed by atoms with van der Waals surface area (Å²) in [4.78, 5) is 16.2. The molecular formula is C20H23N3O3. The van der Waals surface area contributed by atoms with E-state index in [0.29, 0.717) is 23.8 Å². The van der Waals surface area contributed by atoms with Gasteiger partial charge in [-0.2, -0.15) is 0 Å². The molecule has 0 aromatic heterocycles. The van der Waals surface area contributed by atoms with Crippen molar-refractivity contribution >= 4 is 17.6 Å². The van der Waals surface area contributed by atoms with Gasteiger partial charge in [0.1, 0.15) is 11.3 Å². The number of aryl methyl sites for hydroxylation is 2. The predicted molar refractivity (Wildman–Crippen MR) is 102 cm³/mol. The normalized spacial score (nSPS) is 13.2. The molecule has 26 heavy (non-hydrogen) atoms. The number of nitrogens with one attached hydrogen (secondary N) is 1. The number of nitrogens with two attached hydrogens (primary N) is 1. The number of fused-ring (bicyclic) bond motifs is 1. The van der Waals surface area contributed by atoms with Crippen molar-refractivity contribution in [3.63, 3.8) is 0 Å². The predicted octanol–water partition coefficient (Wildman–Crippen LogP) is 2.90. The summed E-state index contributed by atoms with van der Waals surface area (Å²) in [5, 5.41) is 3.12. The van der Waals surface area contributed by atoms with E-state index in [2.05, 4.69) is 22.4 Å². The third-order valence-electron chi connectivity index (χ3n) is 4.47. The third-order valence-corrected chi connectivity index (χ3v) is 4.47. The molecule has 0 saturated heterocycles. The van der Waals surface area contributed by atoms with Crippen LogP contribution in [0.15, 0.2) is 41.4 Å². The first kappa shape index (κ1) is 17.8. The number of methoxy groups -OCH3 is 2. The van der Waals surface area contributed by atoms with E-state index < -0.39 is 5.97 Å². The van der Waals surface area contributed by atoms with Crippen molar-refractivity contribution in [2.75, 3.05) is 19.5 Å². The van der Waals surface area contributed by atoms with Crippen LogP contribution in [0, 0.1) is 0 Å². The highest BCUT2D eigenvalue weighted by Crippen LogP contribution is 2.25. The second-order valence-electron chi connectivity index (χ2n) is 6.19. The van der Waals surface area contributed by atoms with Crippen molar-refractivity contribution in [1.82, 2.24) is 0 Å². The molecule has 3 N–H and O–H groups in total. The number of esters is 1. The lowest BCUT2D eigenvalue weighted by molar-refractivity contribution is 0.0597. The van der Waals surface area contributed by atoms with E-state index in [-0.39, 0.29) is 0 Å². The van der Waals surface area contributed by atoms with Crippen molar-refractivity contribution in [3.8, 4) is 5.75 Å². The van der Waals surface area contributed by atoms with Crippen LogP contribution < -0.4 is 15.8 Å². The van der Waals surface area contributed by atoms with E-state index >= 15 is 0 Å². The molecule has 6 nitrogen and oxygen atoms in total. The van der Waals surface area contributed by atoms with Gasteiger partial charge in [0.05, 0.1) is 20.8 Å². The molecule has 6 heteroatoms. The smallest absolute Gasteiger partial charge is 0.341 e. The van der Waals surface area contributed by atoms with Gasteiger partial charge in [-0.05, 0) is 60.2 Å². The van der Waals surface area contributed by atoms with E-state index in [0.717, 1.165) is 24.1 Å². The van der Waals surface area contributed by atoms with Gasteiger partial charge in [-0.3, -0.25) is 0 Å². The highest BCUT2D eigenvalue weighted by Gasteiger charge is 2.13. The first-order chi connectivity index (χ1) is 12.6. The molecule has 1 aliphatic rings. The number of guanidine groups is 1. The average Bonchev–Trinajstić information content (AvgIpc) is 3.13. The van der Waals surface area contributed by atoms with Gasteiger partial charge in [-0.25, -0.2) is 9.79 Å². The Hall–Kier alpha value is -3.02. The second kappa shape index (κ2) is 7.91. The molecule has 0 heterocycles. The number of rotatable bonds is 5. The topological polar surface area (TPSA) is 85.9 Å². The van der Waals surface area contributed by atoms with Crippen LogP contribution in [0.2, 0.25) is 0 Å².